The second kappa shape index (κ2) is 2.60. The van der Waals surface area contributed by atoms with Crippen LogP contribution in [0.4, 0.5) is 0 Å². The minimum atomic E-state index is 0.876. The maximum Gasteiger partial charge on any atom is 0.134 e. The van der Waals surface area contributed by atoms with E-state index in [9.17, 15) is 0 Å². The Kier molecular flexibility index (Phi) is 1.72. The van der Waals surface area contributed by atoms with Crippen LogP contribution < -0.4 is 0 Å². The first-order valence-corrected chi connectivity index (χ1v) is 4.35. The molecular formula is C6H3ClIN3. The molecule has 11 heavy (non-hydrogen) atoms. The van der Waals surface area contributed by atoms with Gasteiger partial charge < -0.3 is 0 Å². The SMILES string of the molecule is Cln1nc(I)c2cnccc21. The Bertz CT molecular complexity index is 362. The van der Waals surface area contributed by atoms with Gasteiger partial charge in [0.15, 0.2) is 0 Å². The summed E-state index contributed by atoms with van der Waals surface area (Å²) >= 11 is 7.87. The van der Waals surface area contributed by atoms with Gasteiger partial charge in [-0.3, -0.25) is 4.98 Å². The minimum absolute atomic E-state index is 0.876. The highest BCUT2D eigenvalue weighted by Gasteiger charge is 2.04. The molecule has 0 fully saturated rings. The summed E-state index contributed by atoms with van der Waals surface area (Å²) in [7, 11) is 0. The van der Waals surface area contributed by atoms with Gasteiger partial charge in [0.1, 0.15) is 3.70 Å². The highest BCUT2D eigenvalue weighted by molar-refractivity contribution is 14.1. The molecule has 0 saturated carbocycles. The molecule has 0 unspecified atom stereocenters. The van der Waals surface area contributed by atoms with Crippen LogP contribution in [0.2, 0.25) is 0 Å². The molecule has 0 aliphatic carbocycles. The van der Waals surface area contributed by atoms with Crippen LogP contribution in [-0.4, -0.2) is 14.3 Å². The summed E-state index contributed by atoms with van der Waals surface area (Å²) in [6.45, 7) is 0. The number of aromatic nitrogens is 3. The molecule has 2 heterocycles. The lowest BCUT2D eigenvalue weighted by atomic mass is 10.3. The Morgan fingerprint density at radius 2 is 2.36 bits per heavy atom. The second-order valence-corrected chi connectivity index (χ2v) is 3.39. The molecular weight excluding hydrogens is 276 g/mol. The van der Waals surface area contributed by atoms with Crippen LogP contribution in [-0.2, 0) is 0 Å². The van der Waals surface area contributed by atoms with E-state index < -0.39 is 0 Å². The Hall–Kier alpha value is -0.360. The zero-order chi connectivity index (χ0) is 7.84. The molecule has 0 aliphatic rings. The fraction of sp³-hybridized carbons (Fsp3) is 0. The van der Waals surface area contributed by atoms with E-state index >= 15 is 0 Å². The molecule has 0 amide bonds. The monoisotopic (exact) mass is 279 g/mol. The summed E-state index contributed by atoms with van der Waals surface area (Å²) in [5.74, 6) is 0. The number of hydrogen-bond acceptors (Lipinski definition) is 2. The van der Waals surface area contributed by atoms with E-state index in [0.717, 1.165) is 14.6 Å². The van der Waals surface area contributed by atoms with Crippen LogP contribution in [0.1, 0.15) is 0 Å². The molecule has 0 aliphatic heterocycles. The van der Waals surface area contributed by atoms with Crippen molar-refractivity contribution in [1.82, 2.24) is 14.3 Å². The third-order valence-electron chi connectivity index (χ3n) is 1.39. The first-order valence-electron chi connectivity index (χ1n) is 2.93. The standard InChI is InChI=1S/C6H3ClIN3/c7-11-5-1-2-9-3-4(5)6(8)10-11/h1-3H. The summed E-state index contributed by atoms with van der Waals surface area (Å²) in [6.07, 6.45) is 3.45. The zero-order valence-corrected chi connectivity index (χ0v) is 8.24. The van der Waals surface area contributed by atoms with Gasteiger partial charge in [0.25, 0.3) is 0 Å². The van der Waals surface area contributed by atoms with E-state index in [4.69, 9.17) is 11.8 Å². The molecule has 2 rings (SSSR count). The summed E-state index contributed by atoms with van der Waals surface area (Å²) in [5, 5.41) is 5.01. The molecule has 0 atom stereocenters. The maximum atomic E-state index is 5.75. The normalized spacial score (nSPS) is 10.7. The van der Waals surface area contributed by atoms with Crippen molar-refractivity contribution in [3.8, 4) is 0 Å². The lowest BCUT2D eigenvalue weighted by Gasteiger charge is -1.86. The second-order valence-electron chi connectivity index (χ2n) is 2.04. The average molecular weight is 279 g/mol. The van der Waals surface area contributed by atoms with Crippen molar-refractivity contribution in [1.29, 1.82) is 0 Å². The van der Waals surface area contributed by atoms with Crippen molar-refractivity contribution in [2.24, 2.45) is 0 Å². The van der Waals surface area contributed by atoms with E-state index in [0.29, 0.717) is 0 Å². The number of nitrogens with zero attached hydrogens (tertiary/aromatic N) is 3. The summed E-state index contributed by atoms with van der Waals surface area (Å²) in [5.41, 5.74) is 0.895. The Morgan fingerprint density at radius 3 is 3.09 bits per heavy atom. The number of halogens is 2. The number of pyridine rings is 1. The largest absolute Gasteiger partial charge is 0.264 e. The van der Waals surface area contributed by atoms with E-state index in [1.54, 1.807) is 12.4 Å². The van der Waals surface area contributed by atoms with Crippen LogP contribution in [0.3, 0.4) is 0 Å². The lowest BCUT2D eigenvalue weighted by Crippen LogP contribution is -1.80. The van der Waals surface area contributed by atoms with E-state index in [-0.39, 0.29) is 0 Å². The highest BCUT2D eigenvalue weighted by Crippen LogP contribution is 2.18. The maximum absolute atomic E-state index is 5.75. The van der Waals surface area contributed by atoms with E-state index in [1.165, 1.54) is 4.20 Å². The van der Waals surface area contributed by atoms with Crippen molar-refractivity contribution in [3.05, 3.63) is 22.2 Å². The predicted molar refractivity (Wildman–Crippen MR) is 51.5 cm³/mol. The zero-order valence-electron chi connectivity index (χ0n) is 5.33. The first-order chi connectivity index (χ1) is 5.29. The molecule has 3 nitrogen and oxygen atoms in total. The summed E-state index contributed by atoms with van der Waals surface area (Å²) < 4.78 is 2.21. The van der Waals surface area contributed by atoms with Gasteiger partial charge in [-0.15, -0.1) is 5.10 Å². The lowest BCUT2D eigenvalue weighted by molar-refractivity contribution is 1.00. The van der Waals surface area contributed by atoms with Crippen LogP contribution in [0, 0.1) is 3.70 Å². The fourth-order valence-electron chi connectivity index (χ4n) is 0.892. The quantitative estimate of drug-likeness (QED) is 0.691. The molecule has 0 spiro atoms. The molecule has 0 N–H and O–H groups in total. The van der Waals surface area contributed by atoms with Gasteiger partial charge in [0, 0.05) is 24.2 Å². The smallest absolute Gasteiger partial charge is 0.134 e. The van der Waals surface area contributed by atoms with Crippen LogP contribution in [0.25, 0.3) is 10.9 Å². The fourth-order valence-corrected chi connectivity index (χ4v) is 1.87. The third-order valence-corrected chi connectivity index (χ3v) is 2.45. The van der Waals surface area contributed by atoms with Crippen LogP contribution in [0.15, 0.2) is 18.5 Å². The molecule has 56 valence electrons. The molecule has 2 aromatic heterocycles. The average Bonchev–Trinajstić information content (AvgIpc) is 2.30. The molecule has 0 saturated heterocycles. The molecule has 0 bridgehead atoms. The van der Waals surface area contributed by atoms with Gasteiger partial charge in [-0.05, 0) is 28.7 Å². The van der Waals surface area contributed by atoms with Gasteiger partial charge in [-0.2, -0.15) is 4.20 Å². The van der Waals surface area contributed by atoms with Gasteiger partial charge in [0.05, 0.1) is 10.9 Å². The number of fused-ring (bicyclic) bond motifs is 1. The van der Waals surface area contributed by atoms with Crippen LogP contribution >= 0.6 is 34.4 Å². The highest BCUT2D eigenvalue weighted by atomic mass is 127. The van der Waals surface area contributed by atoms with Crippen molar-refractivity contribution >= 4 is 45.3 Å². The summed E-state index contributed by atoms with van der Waals surface area (Å²) in [4.78, 5) is 3.97. The summed E-state index contributed by atoms with van der Waals surface area (Å²) in [6, 6.07) is 1.83. The van der Waals surface area contributed by atoms with Crippen molar-refractivity contribution in [2.75, 3.05) is 0 Å². The molecule has 5 heteroatoms. The van der Waals surface area contributed by atoms with Gasteiger partial charge in [0.2, 0.25) is 0 Å². The van der Waals surface area contributed by atoms with Crippen molar-refractivity contribution in [2.45, 2.75) is 0 Å². The van der Waals surface area contributed by atoms with E-state index in [1.807, 2.05) is 6.07 Å². The van der Waals surface area contributed by atoms with Gasteiger partial charge >= 0.3 is 0 Å². The topological polar surface area (TPSA) is 30.7 Å². The van der Waals surface area contributed by atoms with E-state index in [2.05, 4.69) is 32.7 Å². The van der Waals surface area contributed by atoms with Crippen molar-refractivity contribution in [3.63, 3.8) is 0 Å². The molecule has 2 aromatic rings. The van der Waals surface area contributed by atoms with Gasteiger partial charge in [-0.25, -0.2) is 0 Å². The number of rotatable bonds is 0. The Morgan fingerprint density at radius 1 is 1.55 bits per heavy atom. The molecule has 0 radical (unpaired) electrons. The Labute approximate surface area is 81.6 Å². The first kappa shape index (κ1) is 7.30. The molecule has 0 aromatic carbocycles. The predicted octanol–water partition coefficient (Wildman–Crippen LogP) is 2.04. The minimum Gasteiger partial charge on any atom is -0.264 e. The third kappa shape index (κ3) is 1.10. The van der Waals surface area contributed by atoms with Crippen LogP contribution in [0.5, 0.6) is 0 Å². The van der Waals surface area contributed by atoms with Crippen molar-refractivity contribution < 1.29 is 0 Å². The van der Waals surface area contributed by atoms with Gasteiger partial charge in [-0.1, -0.05) is 0 Å². The number of hydrogen-bond donors (Lipinski definition) is 0. The Balaban J connectivity index is 2.95.